The fourth-order valence-electron chi connectivity index (χ4n) is 13.6. The van der Waals surface area contributed by atoms with E-state index in [4.69, 9.17) is 14.3 Å². The second-order valence-electron chi connectivity index (χ2n) is 18.5. The van der Waals surface area contributed by atoms with Gasteiger partial charge in [0.05, 0.1) is 19.1 Å². The molecule has 1 aliphatic heterocycles. The number of ether oxygens (including phenoxy) is 2. The van der Waals surface area contributed by atoms with E-state index in [-0.39, 0.29) is 46.1 Å². The number of aliphatic hydroxyl groups is 4. The van der Waals surface area contributed by atoms with Crippen LogP contribution in [-0.2, 0) is 23.9 Å². The first-order valence-corrected chi connectivity index (χ1v) is 19.0. The fourth-order valence-corrected chi connectivity index (χ4v) is 13.6. The first-order valence-electron chi connectivity index (χ1n) is 19.0. The summed E-state index contributed by atoms with van der Waals surface area (Å²) in [7, 11) is 1.32. The molecule has 15 atom stereocenters. The predicted octanol–water partition coefficient (Wildman–Crippen LogP) is 4.30. The number of hydrogen-bond donors (Lipinski definition) is 5. The van der Waals surface area contributed by atoms with Crippen molar-refractivity contribution in [3.8, 4) is 0 Å². The minimum absolute atomic E-state index is 0.0348. The second-order valence-corrected chi connectivity index (χ2v) is 18.5. The maximum Gasteiger partial charge on any atom is 0.323 e. The van der Waals surface area contributed by atoms with Gasteiger partial charge in [0.15, 0.2) is 6.23 Å². The third-order valence-corrected chi connectivity index (χ3v) is 16.4. The lowest BCUT2D eigenvalue weighted by molar-refractivity contribution is -0.327. The average Bonchev–Trinajstić information content (AvgIpc) is 3.46. The van der Waals surface area contributed by atoms with Gasteiger partial charge in [-0.1, -0.05) is 46.8 Å². The summed E-state index contributed by atoms with van der Waals surface area (Å²) in [6.45, 7) is 17.5. The molecule has 5 unspecified atom stereocenters. The van der Waals surface area contributed by atoms with E-state index in [2.05, 4.69) is 48.1 Å². The molecule has 0 spiro atoms. The fraction of sp³-hybridized carbons (Fsp3) is 0.897. The van der Waals surface area contributed by atoms with Crippen molar-refractivity contribution in [3.63, 3.8) is 0 Å². The van der Waals surface area contributed by atoms with Crippen LogP contribution >= 0.6 is 0 Å². The van der Waals surface area contributed by atoms with Gasteiger partial charge >= 0.3 is 11.9 Å². The Kier molecular flexibility index (Phi) is 9.96. The Labute approximate surface area is 297 Å². The van der Waals surface area contributed by atoms with Crippen LogP contribution in [0.5, 0.6) is 0 Å². The topological polar surface area (TPSA) is 166 Å². The SMILES string of the molecule is C=C(C)[C@@H]1CC[C@]2(C(=O)O)CC[C@]3(C)C(CCC4[C@@]5(C)CC[C@H](OC(=O)CN(OC)C6O[C@@H](CO)[C@H](O)[C@H](O)[C@H]6O)C(C)(C)C5CC[C@]43C)C12. The summed E-state index contributed by atoms with van der Waals surface area (Å²) in [6.07, 6.45) is 1.79. The number of fused-ring (bicyclic) bond motifs is 7. The van der Waals surface area contributed by atoms with E-state index in [1.165, 1.54) is 7.11 Å². The molecule has 5 N–H and O–H groups in total. The molecule has 0 aromatic carbocycles. The zero-order chi connectivity index (χ0) is 36.8. The van der Waals surface area contributed by atoms with Crippen LogP contribution in [0.4, 0.5) is 0 Å². The second kappa shape index (κ2) is 13.1. The summed E-state index contributed by atoms with van der Waals surface area (Å²) in [5.41, 5.74) is 0.327. The molecule has 1 saturated heterocycles. The Balaban J connectivity index is 1.19. The molecule has 0 aromatic heterocycles. The number of allylic oxidation sites excluding steroid dienone is 1. The van der Waals surface area contributed by atoms with Crippen molar-refractivity contribution < 1.29 is 49.4 Å². The Morgan fingerprint density at radius 2 is 1.56 bits per heavy atom. The first kappa shape index (κ1) is 38.1. The Morgan fingerprint density at radius 1 is 0.860 bits per heavy atom. The molecule has 11 heteroatoms. The van der Waals surface area contributed by atoms with Crippen molar-refractivity contribution in [2.75, 3.05) is 20.3 Å². The molecule has 5 saturated carbocycles. The van der Waals surface area contributed by atoms with Crippen LogP contribution in [0.15, 0.2) is 12.2 Å². The van der Waals surface area contributed by atoms with Crippen molar-refractivity contribution in [1.82, 2.24) is 5.06 Å². The molecular weight excluding hydrogens is 642 g/mol. The molecule has 0 amide bonds. The van der Waals surface area contributed by atoms with Crippen molar-refractivity contribution in [1.29, 1.82) is 0 Å². The number of carbonyl (C=O) groups excluding carboxylic acids is 1. The molecule has 50 heavy (non-hydrogen) atoms. The van der Waals surface area contributed by atoms with E-state index in [0.717, 1.165) is 68.4 Å². The van der Waals surface area contributed by atoms with Gasteiger partial charge in [0.2, 0.25) is 0 Å². The third-order valence-electron chi connectivity index (χ3n) is 16.4. The van der Waals surface area contributed by atoms with Crippen LogP contribution < -0.4 is 0 Å². The van der Waals surface area contributed by atoms with Gasteiger partial charge in [0, 0.05) is 5.41 Å². The van der Waals surface area contributed by atoms with Crippen LogP contribution in [0.2, 0.25) is 0 Å². The smallest absolute Gasteiger partial charge is 0.323 e. The van der Waals surface area contributed by atoms with Gasteiger partial charge in [0.25, 0.3) is 0 Å². The lowest BCUT2D eigenvalue weighted by atomic mass is 9.32. The Morgan fingerprint density at radius 3 is 2.18 bits per heavy atom. The highest BCUT2D eigenvalue weighted by Gasteiger charge is 2.72. The summed E-state index contributed by atoms with van der Waals surface area (Å²) in [6, 6.07) is 0. The number of aliphatic hydroxyl groups excluding tert-OH is 4. The van der Waals surface area contributed by atoms with Gasteiger partial charge in [-0.25, -0.2) is 0 Å². The number of carboxylic acids is 1. The van der Waals surface area contributed by atoms with Crippen LogP contribution in [0.3, 0.4) is 0 Å². The van der Waals surface area contributed by atoms with Crippen LogP contribution in [-0.4, -0.2) is 99.5 Å². The standard InChI is InChI=1S/C39H63NO10/c1-21(2)22-11-16-39(34(46)47)18-17-37(6)23(29(22)39)9-10-26-36(5)14-13-27(35(3,4)25(36)12-15-38(26,37)7)50-28(42)19-40(48-8)33-32(45)31(44)30(43)24(20-41)49-33/h22-27,29-33,41,43-45H,1,9-20H2,2-8H3,(H,46,47)/t22-,23?,24-,25?,26?,27-,29?,30-,31-,32+,33?,36-,37+,38+,39-/m0/s1. The zero-order valence-corrected chi connectivity index (χ0v) is 31.3. The maximum atomic E-state index is 13.5. The highest BCUT2D eigenvalue weighted by molar-refractivity contribution is 5.76. The number of aliphatic carboxylic acids is 1. The number of rotatable bonds is 8. The molecule has 1 heterocycles. The molecule has 6 aliphatic rings. The molecule has 0 bridgehead atoms. The molecular formula is C39H63NO10. The van der Waals surface area contributed by atoms with E-state index >= 15 is 0 Å². The average molecular weight is 706 g/mol. The van der Waals surface area contributed by atoms with Crippen molar-refractivity contribution >= 4 is 11.9 Å². The number of hydrogen-bond acceptors (Lipinski definition) is 10. The number of carbonyl (C=O) groups is 2. The Bertz CT molecular complexity index is 1340. The van der Waals surface area contributed by atoms with Gasteiger partial charge in [-0.15, -0.1) is 5.06 Å². The van der Waals surface area contributed by atoms with Gasteiger partial charge in [0.1, 0.15) is 37.1 Å². The normalized spacial score (nSPS) is 49.6. The molecule has 6 rings (SSSR count). The number of nitrogens with zero attached hydrogens (tertiary/aromatic N) is 1. The molecule has 11 nitrogen and oxygen atoms in total. The minimum Gasteiger partial charge on any atom is -0.481 e. The minimum atomic E-state index is -1.59. The number of carboxylic acid groups (broad SMARTS) is 1. The quantitative estimate of drug-likeness (QED) is 0.139. The highest BCUT2D eigenvalue weighted by atomic mass is 16.7. The van der Waals surface area contributed by atoms with E-state index in [1.807, 2.05) is 0 Å². The summed E-state index contributed by atoms with van der Waals surface area (Å²) >= 11 is 0. The molecule has 0 aromatic rings. The molecule has 5 aliphatic carbocycles. The monoisotopic (exact) mass is 705 g/mol. The van der Waals surface area contributed by atoms with Crippen molar-refractivity contribution in [2.45, 2.75) is 142 Å². The summed E-state index contributed by atoms with van der Waals surface area (Å²) in [5, 5.41) is 52.4. The number of esters is 1. The van der Waals surface area contributed by atoms with E-state index in [1.54, 1.807) is 0 Å². The zero-order valence-electron chi connectivity index (χ0n) is 31.3. The Hall–Kier alpha value is -1.60. The summed E-state index contributed by atoms with van der Waals surface area (Å²) < 4.78 is 11.8. The summed E-state index contributed by atoms with van der Waals surface area (Å²) in [4.78, 5) is 31.8. The third kappa shape index (κ3) is 5.37. The van der Waals surface area contributed by atoms with Gasteiger partial charge in [-0.3, -0.25) is 14.4 Å². The number of hydroxylamine groups is 2. The first-order chi connectivity index (χ1) is 23.3. The lowest BCUT2D eigenvalue weighted by Crippen LogP contribution is -2.67. The molecule has 0 radical (unpaired) electrons. The predicted molar refractivity (Wildman–Crippen MR) is 184 cm³/mol. The van der Waals surface area contributed by atoms with Crippen LogP contribution in [0, 0.1) is 56.7 Å². The summed E-state index contributed by atoms with van der Waals surface area (Å²) in [5.74, 6) is 0.404. The van der Waals surface area contributed by atoms with Crippen LogP contribution in [0.25, 0.3) is 0 Å². The van der Waals surface area contributed by atoms with Gasteiger partial charge in [-0.2, -0.15) is 0 Å². The van der Waals surface area contributed by atoms with E-state index in [9.17, 15) is 35.1 Å². The van der Waals surface area contributed by atoms with E-state index in [0.29, 0.717) is 24.2 Å². The van der Waals surface area contributed by atoms with Gasteiger partial charge < -0.3 is 35.0 Å². The molecule has 284 valence electrons. The van der Waals surface area contributed by atoms with Crippen molar-refractivity contribution in [3.05, 3.63) is 12.2 Å². The molecule has 6 fully saturated rings. The largest absolute Gasteiger partial charge is 0.481 e. The van der Waals surface area contributed by atoms with Crippen molar-refractivity contribution in [2.24, 2.45) is 56.7 Å². The maximum absolute atomic E-state index is 13.5. The van der Waals surface area contributed by atoms with E-state index < -0.39 is 54.6 Å². The van der Waals surface area contributed by atoms with Crippen LogP contribution in [0.1, 0.15) is 106 Å². The lowest BCUT2D eigenvalue weighted by Gasteiger charge is -2.72. The van der Waals surface area contributed by atoms with Gasteiger partial charge in [-0.05, 0) is 117 Å². The highest BCUT2D eigenvalue weighted by Crippen LogP contribution is 2.77.